The van der Waals surface area contributed by atoms with Crippen LogP contribution in [-0.2, 0) is 16.0 Å². The van der Waals surface area contributed by atoms with Gasteiger partial charge in [0.25, 0.3) is 0 Å². The Kier molecular flexibility index (Phi) is 8.09. The van der Waals surface area contributed by atoms with E-state index in [1.807, 2.05) is 18.7 Å². The van der Waals surface area contributed by atoms with Crippen molar-refractivity contribution in [3.8, 4) is 0 Å². The van der Waals surface area contributed by atoms with Gasteiger partial charge in [0, 0.05) is 29.8 Å². The van der Waals surface area contributed by atoms with Gasteiger partial charge in [0.05, 0.1) is 27.3 Å². The highest BCUT2D eigenvalue weighted by molar-refractivity contribution is 9.11. The van der Waals surface area contributed by atoms with E-state index in [0.717, 1.165) is 11.6 Å². The largest absolute Gasteiger partial charge is 0.369 e. The third-order valence-corrected chi connectivity index (χ3v) is 6.38. The Bertz CT molecular complexity index is 1030. The van der Waals surface area contributed by atoms with Crippen LogP contribution in [0.5, 0.6) is 0 Å². The van der Waals surface area contributed by atoms with Gasteiger partial charge >= 0.3 is 0 Å². The van der Waals surface area contributed by atoms with E-state index in [1.54, 1.807) is 6.07 Å². The number of aliphatic imine (C=N–C) groups is 1. The molecule has 10 heteroatoms. The van der Waals surface area contributed by atoms with E-state index in [9.17, 15) is 9.18 Å². The first kappa shape index (κ1) is 24.1. The van der Waals surface area contributed by atoms with Crippen molar-refractivity contribution in [3.05, 3.63) is 60.7 Å². The number of hydrogen-bond donors (Lipinski definition) is 1. The molecule has 2 aromatic carbocycles. The van der Waals surface area contributed by atoms with Gasteiger partial charge in [0.2, 0.25) is 0 Å². The Hall–Kier alpha value is -1.52. The summed E-state index contributed by atoms with van der Waals surface area (Å²) in [6, 6.07) is 5.47. The molecule has 0 radical (unpaired) electrons. The molecule has 0 bridgehead atoms. The minimum absolute atomic E-state index is 0.0636. The molecule has 1 heterocycles. The van der Waals surface area contributed by atoms with Gasteiger partial charge < -0.3 is 20.1 Å². The molecule has 0 atom stereocenters. The maximum atomic E-state index is 13.7. The van der Waals surface area contributed by atoms with Crippen molar-refractivity contribution in [3.63, 3.8) is 0 Å². The molecule has 1 aliphatic rings. The van der Waals surface area contributed by atoms with Crippen molar-refractivity contribution >= 4 is 60.9 Å². The fraction of sp³-hybridized carbons (Fsp3) is 0.333. The predicted molar refractivity (Wildman–Crippen MR) is 125 cm³/mol. The number of benzene rings is 2. The van der Waals surface area contributed by atoms with E-state index >= 15 is 0 Å². The van der Waals surface area contributed by atoms with E-state index in [2.05, 4.69) is 36.9 Å². The van der Waals surface area contributed by atoms with E-state index < -0.39 is 17.9 Å². The highest BCUT2D eigenvalue weighted by Crippen LogP contribution is 2.41. The van der Waals surface area contributed by atoms with E-state index in [-0.39, 0.29) is 22.1 Å². The maximum absolute atomic E-state index is 13.7. The third-order valence-electron chi connectivity index (χ3n) is 4.66. The van der Waals surface area contributed by atoms with E-state index in [0.29, 0.717) is 40.9 Å². The molecule has 0 amide bonds. The van der Waals surface area contributed by atoms with Crippen LogP contribution in [-0.4, -0.2) is 42.7 Å². The van der Waals surface area contributed by atoms with Gasteiger partial charge in [-0.15, -0.1) is 0 Å². The summed E-state index contributed by atoms with van der Waals surface area (Å²) in [5, 5.41) is 0.162. The molecule has 3 rings (SSSR count). The number of hydrogen-bond acceptors (Lipinski definition) is 6. The quantitative estimate of drug-likeness (QED) is 0.336. The molecule has 0 saturated heterocycles. The molecule has 166 valence electrons. The maximum Gasteiger partial charge on any atom is 0.197 e. The van der Waals surface area contributed by atoms with Gasteiger partial charge in [0.1, 0.15) is 5.82 Å². The third kappa shape index (κ3) is 5.28. The number of ether oxygens (including phenoxy) is 2. The number of rotatable bonds is 8. The second-order valence-electron chi connectivity index (χ2n) is 6.70. The highest BCUT2D eigenvalue weighted by atomic mass is 79.9. The topological polar surface area (TPSA) is 77.2 Å². The minimum Gasteiger partial charge on any atom is -0.369 e. The number of carbonyl (C=O) groups is 1. The summed E-state index contributed by atoms with van der Waals surface area (Å²) in [4.78, 5) is 19.5. The fourth-order valence-electron chi connectivity index (χ4n) is 3.25. The average molecular weight is 578 g/mol. The number of halogens is 4. The molecule has 31 heavy (non-hydrogen) atoms. The van der Waals surface area contributed by atoms with Crippen molar-refractivity contribution in [2.45, 2.75) is 26.7 Å². The van der Waals surface area contributed by atoms with Gasteiger partial charge in [-0.25, -0.2) is 9.38 Å². The molecule has 0 aliphatic carbocycles. The van der Waals surface area contributed by atoms with Gasteiger partial charge in [-0.1, -0.05) is 11.6 Å². The van der Waals surface area contributed by atoms with E-state index in [1.165, 1.54) is 12.1 Å². The van der Waals surface area contributed by atoms with Crippen molar-refractivity contribution in [2.75, 3.05) is 19.8 Å². The van der Waals surface area contributed by atoms with Gasteiger partial charge in [0.15, 0.2) is 18.0 Å². The molecule has 2 N–H and O–H groups in total. The molecule has 6 nitrogen and oxygen atoms in total. The lowest BCUT2D eigenvalue weighted by molar-refractivity contribution is -0.142. The molecule has 0 aromatic heterocycles. The summed E-state index contributed by atoms with van der Waals surface area (Å²) in [6.07, 6.45) is -0.437. The number of nitrogens with two attached hydrogens (primary N) is 1. The normalized spacial score (nSPS) is 13.4. The molecule has 0 unspecified atom stereocenters. The zero-order chi connectivity index (χ0) is 22.7. The van der Waals surface area contributed by atoms with Crippen LogP contribution in [0.4, 0.5) is 10.1 Å². The summed E-state index contributed by atoms with van der Waals surface area (Å²) < 4.78 is 25.9. The van der Waals surface area contributed by atoms with Gasteiger partial charge in [-0.3, -0.25) is 4.79 Å². The highest BCUT2D eigenvalue weighted by Gasteiger charge is 2.28. The molecular formula is C21H21Br2ClFN3O3. The number of guanidine groups is 1. The summed E-state index contributed by atoms with van der Waals surface area (Å²) in [6.45, 7) is 5.67. The minimum atomic E-state index is -0.547. The first-order chi connectivity index (χ1) is 14.8. The van der Waals surface area contributed by atoms with Crippen molar-refractivity contribution < 1.29 is 18.7 Å². The Morgan fingerprint density at radius 1 is 1.29 bits per heavy atom. The monoisotopic (exact) mass is 575 g/mol. The lowest BCUT2D eigenvalue weighted by Gasteiger charge is -2.32. The fourth-order valence-corrected chi connectivity index (χ4v) is 5.11. The summed E-state index contributed by atoms with van der Waals surface area (Å²) in [5.74, 6) is -0.703. The number of fused-ring (bicyclic) bond motifs is 1. The lowest BCUT2D eigenvalue weighted by Crippen LogP contribution is -2.44. The van der Waals surface area contributed by atoms with Crippen LogP contribution >= 0.6 is 43.5 Å². The zero-order valence-corrected chi connectivity index (χ0v) is 20.9. The number of carbonyl (C=O) groups excluding carboxylic acids is 1. The Labute approximate surface area is 201 Å². The van der Waals surface area contributed by atoms with Crippen molar-refractivity contribution in [2.24, 2.45) is 10.7 Å². The Balaban J connectivity index is 1.96. The van der Waals surface area contributed by atoms with Crippen molar-refractivity contribution in [1.29, 1.82) is 0 Å². The van der Waals surface area contributed by atoms with Gasteiger partial charge in [-0.05, 0) is 75.5 Å². The lowest BCUT2D eigenvalue weighted by atomic mass is 9.99. The molecule has 2 aromatic rings. The molecular weight excluding hydrogens is 557 g/mol. The van der Waals surface area contributed by atoms with Crippen LogP contribution in [0.3, 0.4) is 0 Å². The standard InChI is InChI=1S/C21H21Br2ClFN3O3/c1-3-30-16(31-4-2)10-28-9-11-7-14(22)17(18(23)19(11)27-21(28)26)20(29)13-8-12(25)5-6-15(13)24/h5-8,16H,3-4,9-10H2,1-2H3,(H2,26,27). The SMILES string of the molecule is CCOC(CN1Cc2cc(Br)c(C(=O)c3cc(F)ccc3Cl)c(Br)c2N=C1N)OCC. The number of ketones is 1. The van der Waals surface area contributed by atoms with E-state index in [4.69, 9.17) is 26.8 Å². The zero-order valence-electron chi connectivity index (χ0n) is 16.9. The Morgan fingerprint density at radius 3 is 2.61 bits per heavy atom. The van der Waals surface area contributed by atoms with Crippen LogP contribution in [0.1, 0.15) is 35.3 Å². The van der Waals surface area contributed by atoms with Crippen molar-refractivity contribution in [1.82, 2.24) is 4.90 Å². The average Bonchev–Trinajstić information content (AvgIpc) is 2.71. The van der Waals surface area contributed by atoms with Crippen LogP contribution in [0.15, 0.2) is 38.2 Å². The summed E-state index contributed by atoms with van der Waals surface area (Å²) in [5.41, 5.74) is 7.94. The summed E-state index contributed by atoms with van der Waals surface area (Å²) in [7, 11) is 0. The second-order valence-corrected chi connectivity index (χ2v) is 8.75. The molecule has 1 aliphatic heterocycles. The first-order valence-corrected chi connectivity index (χ1v) is 11.6. The Morgan fingerprint density at radius 2 is 1.97 bits per heavy atom. The number of nitrogens with zero attached hydrogens (tertiary/aromatic N) is 2. The van der Waals surface area contributed by atoms with Crippen LogP contribution in [0, 0.1) is 5.82 Å². The molecule has 0 fully saturated rings. The van der Waals surface area contributed by atoms with Crippen LogP contribution in [0.25, 0.3) is 0 Å². The van der Waals surface area contributed by atoms with Crippen LogP contribution < -0.4 is 5.73 Å². The van der Waals surface area contributed by atoms with Crippen LogP contribution in [0.2, 0.25) is 5.02 Å². The van der Waals surface area contributed by atoms with Gasteiger partial charge in [-0.2, -0.15) is 0 Å². The predicted octanol–water partition coefficient (Wildman–Crippen LogP) is 5.40. The first-order valence-electron chi connectivity index (χ1n) is 9.59. The molecule has 0 spiro atoms. The molecule has 0 saturated carbocycles. The summed E-state index contributed by atoms with van der Waals surface area (Å²) >= 11 is 13.1. The smallest absolute Gasteiger partial charge is 0.197 e. The second kappa shape index (κ2) is 10.4.